The van der Waals surface area contributed by atoms with Crippen molar-refractivity contribution in [1.29, 1.82) is 0 Å². The number of carbonyl (C=O) groups is 1. The number of rotatable bonds is 7. The van der Waals surface area contributed by atoms with Crippen LogP contribution in [0, 0.1) is 0 Å². The molecule has 1 heterocycles. The summed E-state index contributed by atoms with van der Waals surface area (Å²) in [6, 6.07) is 7.37. The zero-order valence-electron chi connectivity index (χ0n) is 12.1. The third-order valence-electron chi connectivity index (χ3n) is 3.36. The van der Waals surface area contributed by atoms with E-state index in [1.807, 2.05) is 30.5 Å². The molecule has 0 aliphatic rings. The van der Waals surface area contributed by atoms with Gasteiger partial charge in [0.2, 0.25) is 5.91 Å². The van der Waals surface area contributed by atoms with Crippen LogP contribution in [0.15, 0.2) is 30.5 Å². The summed E-state index contributed by atoms with van der Waals surface area (Å²) in [6.45, 7) is 0.514. The van der Waals surface area contributed by atoms with E-state index >= 15 is 0 Å². The first-order valence-corrected chi connectivity index (χ1v) is 8.69. The van der Waals surface area contributed by atoms with E-state index in [4.69, 9.17) is 5.73 Å². The summed E-state index contributed by atoms with van der Waals surface area (Å²) in [5, 5.41) is 3.89. The fourth-order valence-corrected chi connectivity index (χ4v) is 2.80. The number of hydrogen-bond acceptors (Lipinski definition) is 3. The van der Waals surface area contributed by atoms with Crippen molar-refractivity contribution in [1.82, 2.24) is 10.3 Å². The molecule has 1 amide bonds. The fourth-order valence-electron chi connectivity index (χ4n) is 2.25. The van der Waals surface area contributed by atoms with Crippen LogP contribution in [0.5, 0.6) is 0 Å². The molecule has 6 heteroatoms. The van der Waals surface area contributed by atoms with E-state index < -0.39 is 16.8 Å². The summed E-state index contributed by atoms with van der Waals surface area (Å²) in [4.78, 5) is 15.1. The minimum atomic E-state index is -0.819. The summed E-state index contributed by atoms with van der Waals surface area (Å²) in [6.07, 6.45) is 4.76. The molecule has 1 aromatic heterocycles. The van der Waals surface area contributed by atoms with Crippen molar-refractivity contribution in [2.45, 2.75) is 18.9 Å². The second-order valence-electron chi connectivity index (χ2n) is 5.09. The van der Waals surface area contributed by atoms with Crippen LogP contribution in [-0.4, -0.2) is 39.7 Å². The van der Waals surface area contributed by atoms with E-state index in [-0.39, 0.29) is 5.91 Å². The second-order valence-corrected chi connectivity index (χ2v) is 6.65. The van der Waals surface area contributed by atoms with Gasteiger partial charge in [-0.2, -0.15) is 0 Å². The number of amides is 1. The Morgan fingerprint density at radius 1 is 1.43 bits per heavy atom. The van der Waals surface area contributed by atoms with Gasteiger partial charge in [-0.15, -0.1) is 0 Å². The number of carbonyl (C=O) groups excluding carboxylic acids is 1. The van der Waals surface area contributed by atoms with Crippen molar-refractivity contribution in [2.24, 2.45) is 5.73 Å². The van der Waals surface area contributed by atoms with Crippen LogP contribution >= 0.6 is 0 Å². The molecular weight excluding hydrogens is 286 g/mol. The number of aromatic amines is 1. The Bertz CT molecular complexity index is 639. The first-order chi connectivity index (χ1) is 10.1. The van der Waals surface area contributed by atoms with E-state index in [9.17, 15) is 9.00 Å². The lowest BCUT2D eigenvalue weighted by atomic mass is 10.1. The average molecular weight is 307 g/mol. The predicted molar refractivity (Wildman–Crippen MR) is 86.5 cm³/mol. The van der Waals surface area contributed by atoms with E-state index in [0.29, 0.717) is 25.1 Å². The highest BCUT2D eigenvalue weighted by Crippen LogP contribution is 2.18. The summed E-state index contributed by atoms with van der Waals surface area (Å²) in [5.41, 5.74) is 8.05. The van der Waals surface area contributed by atoms with E-state index in [2.05, 4.69) is 10.3 Å². The monoisotopic (exact) mass is 307 g/mol. The highest BCUT2D eigenvalue weighted by Gasteiger charge is 2.15. The van der Waals surface area contributed by atoms with Crippen molar-refractivity contribution in [3.8, 4) is 0 Å². The lowest BCUT2D eigenvalue weighted by Crippen LogP contribution is -2.42. The zero-order chi connectivity index (χ0) is 15.2. The molecule has 0 spiro atoms. The largest absolute Gasteiger partial charge is 0.361 e. The summed E-state index contributed by atoms with van der Waals surface area (Å²) >= 11 is 0. The van der Waals surface area contributed by atoms with Gasteiger partial charge in [0.1, 0.15) is 0 Å². The highest BCUT2D eigenvalue weighted by atomic mass is 32.2. The summed E-state index contributed by atoms with van der Waals surface area (Å²) in [7, 11) is -0.819. The van der Waals surface area contributed by atoms with Crippen LogP contribution in [0.3, 0.4) is 0 Å². The molecule has 0 saturated heterocycles. The first-order valence-electron chi connectivity index (χ1n) is 6.96. The number of fused-ring (bicyclic) bond motifs is 1. The van der Waals surface area contributed by atoms with Gasteiger partial charge in [0.15, 0.2) is 0 Å². The van der Waals surface area contributed by atoms with Gasteiger partial charge in [-0.3, -0.25) is 9.00 Å². The molecule has 4 N–H and O–H groups in total. The standard InChI is InChI=1S/C15H21N3O2S/c1-21(20)8-4-7-17-15(19)13(16)9-11-10-18-14-6-3-2-5-12(11)14/h2-3,5-6,10,13,18H,4,7-9,16H2,1H3,(H,17,19). The molecule has 2 aromatic rings. The van der Waals surface area contributed by atoms with Crippen LogP contribution in [0.25, 0.3) is 10.9 Å². The molecule has 0 aliphatic carbocycles. The van der Waals surface area contributed by atoms with Crippen LogP contribution < -0.4 is 11.1 Å². The quantitative estimate of drug-likeness (QED) is 0.665. The number of aromatic nitrogens is 1. The molecule has 2 rings (SSSR count). The topological polar surface area (TPSA) is 88.0 Å². The number of benzene rings is 1. The normalized spacial score (nSPS) is 14.0. The molecule has 0 bridgehead atoms. The van der Waals surface area contributed by atoms with Gasteiger partial charge in [-0.05, 0) is 24.5 Å². The third-order valence-corrected chi connectivity index (χ3v) is 4.22. The van der Waals surface area contributed by atoms with Crippen molar-refractivity contribution in [2.75, 3.05) is 18.6 Å². The fraction of sp³-hybridized carbons (Fsp3) is 0.400. The van der Waals surface area contributed by atoms with Crippen LogP contribution in [-0.2, 0) is 22.0 Å². The van der Waals surface area contributed by atoms with Crippen molar-refractivity contribution < 1.29 is 9.00 Å². The average Bonchev–Trinajstić information content (AvgIpc) is 2.86. The molecule has 0 fully saturated rings. The van der Waals surface area contributed by atoms with Gasteiger partial charge in [0.05, 0.1) is 6.04 Å². The Balaban J connectivity index is 1.87. The van der Waals surface area contributed by atoms with Gasteiger partial charge in [0, 0.05) is 46.5 Å². The molecule has 0 radical (unpaired) electrons. The molecular formula is C15H21N3O2S. The zero-order valence-corrected chi connectivity index (χ0v) is 12.9. The van der Waals surface area contributed by atoms with E-state index in [0.717, 1.165) is 16.5 Å². The maximum Gasteiger partial charge on any atom is 0.237 e. The Hall–Kier alpha value is -1.66. The molecule has 21 heavy (non-hydrogen) atoms. The van der Waals surface area contributed by atoms with E-state index in [1.54, 1.807) is 6.26 Å². The Kier molecular flexibility index (Phi) is 5.52. The second kappa shape index (κ2) is 7.38. The maximum atomic E-state index is 11.9. The minimum Gasteiger partial charge on any atom is -0.361 e. The smallest absolute Gasteiger partial charge is 0.237 e. The molecule has 1 aromatic carbocycles. The molecule has 2 unspecified atom stereocenters. The predicted octanol–water partition coefficient (Wildman–Crippen LogP) is 0.923. The number of nitrogens with one attached hydrogen (secondary N) is 2. The number of nitrogens with two attached hydrogens (primary N) is 1. The number of para-hydroxylation sites is 1. The minimum absolute atomic E-state index is 0.165. The highest BCUT2D eigenvalue weighted by molar-refractivity contribution is 7.84. The molecule has 0 aliphatic heterocycles. The van der Waals surface area contributed by atoms with Crippen LogP contribution in [0.1, 0.15) is 12.0 Å². The number of hydrogen-bond donors (Lipinski definition) is 3. The Morgan fingerprint density at radius 3 is 2.95 bits per heavy atom. The molecule has 114 valence electrons. The van der Waals surface area contributed by atoms with Gasteiger partial charge in [-0.1, -0.05) is 18.2 Å². The number of H-pyrrole nitrogens is 1. The maximum absolute atomic E-state index is 11.9. The van der Waals surface area contributed by atoms with Gasteiger partial charge >= 0.3 is 0 Å². The van der Waals surface area contributed by atoms with E-state index in [1.165, 1.54) is 0 Å². The SMILES string of the molecule is CS(=O)CCCNC(=O)C(N)Cc1c[nH]c2ccccc12. The van der Waals surface area contributed by atoms with Gasteiger partial charge in [-0.25, -0.2) is 0 Å². The molecule has 0 saturated carbocycles. The Labute approximate surface area is 126 Å². The lowest BCUT2D eigenvalue weighted by Gasteiger charge is -2.11. The lowest BCUT2D eigenvalue weighted by molar-refractivity contribution is -0.122. The molecule has 2 atom stereocenters. The van der Waals surface area contributed by atoms with Crippen molar-refractivity contribution in [3.63, 3.8) is 0 Å². The van der Waals surface area contributed by atoms with Crippen LogP contribution in [0.4, 0.5) is 0 Å². The van der Waals surface area contributed by atoms with Gasteiger partial charge in [0.25, 0.3) is 0 Å². The van der Waals surface area contributed by atoms with Gasteiger partial charge < -0.3 is 16.0 Å². The van der Waals surface area contributed by atoms with Crippen LogP contribution in [0.2, 0.25) is 0 Å². The van der Waals surface area contributed by atoms with Crippen molar-refractivity contribution >= 4 is 27.6 Å². The van der Waals surface area contributed by atoms with Crippen molar-refractivity contribution in [3.05, 3.63) is 36.0 Å². The summed E-state index contributed by atoms with van der Waals surface area (Å²) < 4.78 is 10.9. The Morgan fingerprint density at radius 2 is 2.19 bits per heavy atom. The third kappa shape index (κ3) is 4.41. The first kappa shape index (κ1) is 15.7. The molecule has 5 nitrogen and oxygen atoms in total. The summed E-state index contributed by atoms with van der Waals surface area (Å²) in [5.74, 6) is 0.431.